The largest absolute Gasteiger partial charge is 0.491 e. The number of rotatable bonds is 5. The number of hydrogen-bond acceptors (Lipinski definition) is 6. The second-order valence-electron chi connectivity index (χ2n) is 8.92. The van der Waals surface area contributed by atoms with E-state index >= 15 is 0 Å². The Morgan fingerprint density at radius 3 is 2.62 bits per heavy atom. The average molecular weight is 526 g/mol. The zero-order valence-corrected chi connectivity index (χ0v) is 20.2. The van der Waals surface area contributed by atoms with Crippen LogP contribution in [0.1, 0.15) is 31.2 Å². The number of amides is 2. The number of allylic oxidation sites excluding steroid dienone is 6. The fraction of sp³-hybridized carbons (Fsp3) is 0.385. The molecule has 0 radical (unpaired) electrons. The first kappa shape index (κ1) is 22.9. The van der Waals surface area contributed by atoms with E-state index in [4.69, 9.17) is 4.74 Å². The van der Waals surface area contributed by atoms with Crippen LogP contribution < -0.4 is 4.74 Å². The summed E-state index contributed by atoms with van der Waals surface area (Å²) in [5, 5.41) is 9.28. The van der Waals surface area contributed by atoms with Gasteiger partial charge in [-0.25, -0.2) is 0 Å². The van der Waals surface area contributed by atoms with Crippen molar-refractivity contribution < 1.29 is 29.0 Å². The standard InChI is InChI=1S/C26H24BrNO6/c1-2-28-25(32)15-8-7-13-16(22(15)26(28)33)11-17-23(19(30)12-18(27)24(17)31)21(13)14-5-3-4-6-20(14)34-10-9-29/h3-7,12,15-16,21-22,29H,2,8-11H2,1H3/t15-,16+,21+,22-/m0/s1. The van der Waals surface area contributed by atoms with Gasteiger partial charge in [-0.3, -0.25) is 24.1 Å². The van der Waals surface area contributed by atoms with Crippen molar-refractivity contribution >= 4 is 39.3 Å². The molecule has 34 heavy (non-hydrogen) atoms. The van der Waals surface area contributed by atoms with Crippen LogP contribution in [0.5, 0.6) is 5.75 Å². The van der Waals surface area contributed by atoms with E-state index < -0.39 is 17.8 Å². The minimum Gasteiger partial charge on any atom is -0.491 e. The number of ketones is 2. The Labute approximate surface area is 205 Å². The SMILES string of the molecule is CCN1C(=O)[C@H]2[C@H](CC=C3[C@H](c4ccccc4OCCO)C4=C(C[C@H]32)C(=O)C(Br)=CC4=O)C1=O. The summed E-state index contributed by atoms with van der Waals surface area (Å²) < 4.78 is 5.99. The van der Waals surface area contributed by atoms with Crippen molar-refractivity contribution in [1.82, 2.24) is 4.90 Å². The third kappa shape index (κ3) is 3.34. The Kier molecular flexibility index (Phi) is 5.90. The van der Waals surface area contributed by atoms with Crippen molar-refractivity contribution in [3.63, 3.8) is 0 Å². The molecule has 1 aliphatic heterocycles. The Morgan fingerprint density at radius 1 is 1.12 bits per heavy atom. The maximum Gasteiger partial charge on any atom is 0.233 e. The summed E-state index contributed by atoms with van der Waals surface area (Å²) in [7, 11) is 0. The number of carbonyl (C=O) groups is 4. The van der Waals surface area contributed by atoms with Crippen molar-refractivity contribution in [3.8, 4) is 5.75 Å². The van der Waals surface area contributed by atoms with Crippen LogP contribution in [-0.2, 0) is 19.2 Å². The number of Topliss-reactive ketones (excluding diaryl/α,β-unsaturated/α-hetero) is 1. The smallest absolute Gasteiger partial charge is 0.233 e. The number of likely N-dealkylation sites (tertiary alicyclic amines) is 1. The summed E-state index contributed by atoms with van der Waals surface area (Å²) >= 11 is 3.23. The van der Waals surface area contributed by atoms with Gasteiger partial charge in [-0.1, -0.05) is 29.8 Å². The van der Waals surface area contributed by atoms with Gasteiger partial charge in [-0.05, 0) is 47.7 Å². The molecule has 4 atom stereocenters. The molecule has 1 aromatic rings. The zero-order chi connectivity index (χ0) is 24.1. The molecule has 1 heterocycles. The van der Waals surface area contributed by atoms with Crippen LogP contribution in [0.15, 0.2) is 57.6 Å². The van der Waals surface area contributed by atoms with Gasteiger partial charge < -0.3 is 9.84 Å². The number of aliphatic hydroxyl groups is 1. The molecule has 0 saturated carbocycles. The molecule has 1 N–H and O–H groups in total. The summed E-state index contributed by atoms with van der Waals surface area (Å²) in [6.07, 6.45) is 3.94. The van der Waals surface area contributed by atoms with Gasteiger partial charge in [0.1, 0.15) is 12.4 Å². The Hall–Kier alpha value is -2.84. The number of nitrogens with zero attached hydrogens (tertiary/aromatic N) is 1. The number of imide groups is 1. The van der Waals surface area contributed by atoms with Crippen molar-refractivity contribution in [1.29, 1.82) is 0 Å². The van der Waals surface area contributed by atoms with E-state index in [0.29, 0.717) is 35.4 Å². The van der Waals surface area contributed by atoms with E-state index in [1.54, 1.807) is 19.1 Å². The number of carbonyl (C=O) groups excluding carboxylic acids is 4. The molecule has 3 aliphatic carbocycles. The third-order valence-corrected chi connectivity index (χ3v) is 7.91. The lowest BCUT2D eigenvalue weighted by Gasteiger charge is -2.42. The van der Waals surface area contributed by atoms with Gasteiger partial charge in [0, 0.05) is 35.2 Å². The van der Waals surface area contributed by atoms with Crippen molar-refractivity contribution in [2.45, 2.75) is 25.7 Å². The molecule has 0 bridgehead atoms. The van der Waals surface area contributed by atoms with Crippen molar-refractivity contribution in [3.05, 3.63) is 63.2 Å². The monoisotopic (exact) mass is 525 g/mol. The van der Waals surface area contributed by atoms with Crippen molar-refractivity contribution in [2.24, 2.45) is 17.8 Å². The highest BCUT2D eigenvalue weighted by atomic mass is 79.9. The fourth-order valence-electron chi connectivity index (χ4n) is 5.94. The predicted octanol–water partition coefficient (Wildman–Crippen LogP) is 2.84. The average Bonchev–Trinajstić information content (AvgIpc) is 3.09. The Balaban J connectivity index is 1.69. The predicted molar refractivity (Wildman–Crippen MR) is 126 cm³/mol. The minimum atomic E-state index is -0.573. The molecule has 176 valence electrons. The van der Waals surface area contributed by atoms with Crippen LogP contribution >= 0.6 is 15.9 Å². The summed E-state index contributed by atoms with van der Waals surface area (Å²) in [5.41, 5.74) is 2.37. The van der Waals surface area contributed by atoms with E-state index in [9.17, 15) is 24.3 Å². The lowest BCUT2D eigenvalue weighted by Crippen LogP contribution is -2.39. The number of aliphatic hydroxyl groups excluding tert-OH is 1. The summed E-state index contributed by atoms with van der Waals surface area (Å²) in [6, 6.07) is 7.26. The van der Waals surface area contributed by atoms with Gasteiger partial charge in [0.2, 0.25) is 11.8 Å². The second-order valence-corrected chi connectivity index (χ2v) is 9.78. The van der Waals surface area contributed by atoms with Crippen LogP contribution in [0.25, 0.3) is 0 Å². The van der Waals surface area contributed by atoms with E-state index in [-0.39, 0.29) is 53.4 Å². The van der Waals surface area contributed by atoms with E-state index in [1.165, 1.54) is 11.0 Å². The fourth-order valence-corrected chi connectivity index (χ4v) is 6.39. The maximum absolute atomic E-state index is 13.3. The van der Waals surface area contributed by atoms with Crippen molar-refractivity contribution in [2.75, 3.05) is 19.8 Å². The quantitative estimate of drug-likeness (QED) is 0.360. The number of halogens is 1. The lowest BCUT2D eigenvalue weighted by atomic mass is 9.59. The van der Waals surface area contributed by atoms with Crippen LogP contribution in [-0.4, -0.2) is 53.1 Å². The summed E-state index contributed by atoms with van der Waals surface area (Å²) in [6.45, 7) is 2.01. The highest BCUT2D eigenvalue weighted by molar-refractivity contribution is 9.12. The van der Waals surface area contributed by atoms with Crippen LogP contribution in [0.2, 0.25) is 0 Å². The highest BCUT2D eigenvalue weighted by Crippen LogP contribution is 2.56. The zero-order valence-electron chi connectivity index (χ0n) is 18.6. The molecule has 1 fully saturated rings. The number of fused-ring (bicyclic) bond motifs is 3. The van der Waals surface area contributed by atoms with Gasteiger partial charge in [0.15, 0.2) is 11.6 Å². The molecule has 2 amide bonds. The van der Waals surface area contributed by atoms with E-state index in [0.717, 1.165) is 5.57 Å². The molecule has 1 saturated heterocycles. The molecule has 8 heteroatoms. The first-order valence-corrected chi connectivity index (χ1v) is 12.2. The second kappa shape index (κ2) is 8.74. The molecule has 0 aromatic heterocycles. The van der Waals surface area contributed by atoms with Gasteiger partial charge in [-0.15, -0.1) is 0 Å². The molecule has 4 aliphatic rings. The maximum atomic E-state index is 13.3. The van der Waals surface area contributed by atoms with E-state index in [2.05, 4.69) is 15.9 Å². The molecule has 0 spiro atoms. The first-order valence-electron chi connectivity index (χ1n) is 11.5. The number of ether oxygens (including phenoxy) is 1. The van der Waals surface area contributed by atoms with Gasteiger partial charge >= 0.3 is 0 Å². The third-order valence-electron chi connectivity index (χ3n) is 7.32. The molecular weight excluding hydrogens is 502 g/mol. The Morgan fingerprint density at radius 2 is 1.88 bits per heavy atom. The molecular formula is C26H24BrNO6. The normalized spacial score (nSPS) is 28.4. The van der Waals surface area contributed by atoms with Crippen LogP contribution in [0, 0.1) is 17.8 Å². The van der Waals surface area contributed by atoms with Crippen LogP contribution in [0.4, 0.5) is 0 Å². The number of hydrogen-bond donors (Lipinski definition) is 1. The lowest BCUT2D eigenvalue weighted by molar-refractivity contribution is -0.139. The molecule has 5 rings (SSSR count). The minimum absolute atomic E-state index is 0.0829. The van der Waals surface area contributed by atoms with Gasteiger partial charge in [0.25, 0.3) is 0 Å². The molecule has 0 unspecified atom stereocenters. The summed E-state index contributed by atoms with van der Waals surface area (Å²) in [4.78, 5) is 54.0. The first-order chi connectivity index (χ1) is 16.4. The Bertz CT molecular complexity index is 1210. The summed E-state index contributed by atoms with van der Waals surface area (Å²) in [5.74, 6) is -2.32. The topological polar surface area (TPSA) is 101 Å². The van der Waals surface area contributed by atoms with Gasteiger partial charge in [0.05, 0.1) is 22.9 Å². The molecule has 1 aromatic carbocycles. The van der Waals surface area contributed by atoms with Crippen LogP contribution in [0.3, 0.4) is 0 Å². The number of benzene rings is 1. The van der Waals surface area contributed by atoms with Gasteiger partial charge in [-0.2, -0.15) is 0 Å². The number of para-hydroxylation sites is 1. The highest BCUT2D eigenvalue weighted by Gasteiger charge is 2.56. The van der Waals surface area contributed by atoms with E-state index in [1.807, 2.05) is 18.2 Å². The molecule has 7 nitrogen and oxygen atoms in total.